The highest BCUT2D eigenvalue weighted by Crippen LogP contribution is 2.21. The molecule has 0 unspecified atom stereocenters. The van der Waals surface area contributed by atoms with Gasteiger partial charge in [0.1, 0.15) is 0 Å². The van der Waals surface area contributed by atoms with Crippen molar-refractivity contribution in [2.75, 3.05) is 26.3 Å². The maximum atomic E-state index is 6.52. The van der Waals surface area contributed by atoms with Crippen molar-refractivity contribution in [3.8, 4) is 0 Å². The summed E-state index contributed by atoms with van der Waals surface area (Å²) in [5.41, 5.74) is 1.38. The summed E-state index contributed by atoms with van der Waals surface area (Å²) in [6.07, 6.45) is 55.8. The molecule has 2 atom stereocenters. The van der Waals surface area contributed by atoms with Crippen molar-refractivity contribution < 1.29 is 9.47 Å². The molecule has 1 fully saturated rings. The first-order valence-electron chi connectivity index (χ1n) is 23.4. The van der Waals surface area contributed by atoms with Crippen LogP contribution < -0.4 is 0 Å². The lowest BCUT2D eigenvalue weighted by molar-refractivity contribution is -0.0481. The molecule has 1 aromatic rings. The molecule has 0 amide bonds. The van der Waals surface area contributed by atoms with E-state index in [1.807, 2.05) is 0 Å². The van der Waals surface area contributed by atoms with Gasteiger partial charge in [-0.3, -0.25) is 4.90 Å². The molecule has 1 aliphatic heterocycles. The molecule has 0 spiro atoms. The second-order valence-corrected chi connectivity index (χ2v) is 16.1. The number of rotatable bonds is 38. The summed E-state index contributed by atoms with van der Waals surface area (Å²) >= 11 is 0. The average molecular weight is 746 g/mol. The summed E-state index contributed by atoms with van der Waals surface area (Å²) in [5, 5.41) is 0. The Balaban J connectivity index is 1.47. The standard InChI is InChI=1S/C51H87NO2/c1-3-5-7-9-11-13-15-17-19-21-23-25-27-29-31-33-35-40-44-53-50-47-52(46-49-42-38-37-39-43-49)48-51(50)54-45-41-36-34-32-30-28-26-24-22-20-18-16-14-12-10-8-6-4-2/h11-14,17-20,37-39,42-43,50-51H,3-10,15-16,21-36,40-41,44-48H2,1-2H3/t50-,51-/m1/s1. The molecular formula is C51H87NO2. The second kappa shape index (κ2) is 38.0. The zero-order valence-electron chi connectivity index (χ0n) is 35.8. The van der Waals surface area contributed by atoms with E-state index in [1.54, 1.807) is 0 Å². The average Bonchev–Trinajstić information content (AvgIpc) is 3.57. The molecule has 54 heavy (non-hydrogen) atoms. The van der Waals surface area contributed by atoms with Gasteiger partial charge in [0.2, 0.25) is 0 Å². The van der Waals surface area contributed by atoms with E-state index in [1.165, 1.54) is 173 Å². The minimum atomic E-state index is 0.200. The lowest BCUT2D eigenvalue weighted by atomic mass is 10.1. The zero-order valence-corrected chi connectivity index (χ0v) is 35.8. The van der Waals surface area contributed by atoms with Gasteiger partial charge in [0.05, 0.1) is 12.2 Å². The van der Waals surface area contributed by atoms with Gasteiger partial charge < -0.3 is 9.47 Å². The highest BCUT2D eigenvalue weighted by molar-refractivity contribution is 5.15. The molecule has 0 radical (unpaired) electrons. The van der Waals surface area contributed by atoms with E-state index in [0.717, 1.165) is 45.7 Å². The van der Waals surface area contributed by atoms with Gasteiger partial charge >= 0.3 is 0 Å². The summed E-state index contributed by atoms with van der Waals surface area (Å²) in [4.78, 5) is 2.54. The van der Waals surface area contributed by atoms with Gasteiger partial charge in [-0.25, -0.2) is 0 Å². The maximum Gasteiger partial charge on any atom is 0.0975 e. The molecule has 3 nitrogen and oxygen atoms in total. The Labute approximate surface area is 336 Å². The highest BCUT2D eigenvalue weighted by atomic mass is 16.5. The number of hydrogen-bond donors (Lipinski definition) is 0. The van der Waals surface area contributed by atoms with Crippen LogP contribution in [-0.2, 0) is 16.0 Å². The van der Waals surface area contributed by atoms with E-state index in [2.05, 4.69) is 97.7 Å². The first-order valence-corrected chi connectivity index (χ1v) is 23.4. The molecule has 0 aromatic heterocycles. The predicted molar refractivity (Wildman–Crippen MR) is 238 cm³/mol. The minimum Gasteiger partial charge on any atom is -0.374 e. The molecule has 3 heteroatoms. The van der Waals surface area contributed by atoms with E-state index in [-0.39, 0.29) is 12.2 Å². The smallest absolute Gasteiger partial charge is 0.0975 e. The van der Waals surface area contributed by atoms with Gasteiger partial charge in [0, 0.05) is 32.8 Å². The van der Waals surface area contributed by atoms with E-state index in [4.69, 9.17) is 9.47 Å². The Morgan fingerprint density at radius 1 is 0.444 bits per heavy atom. The summed E-state index contributed by atoms with van der Waals surface area (Å²) in [6.45, 7) is 9.24. The second-order valence-electron chi connectivity index (χ2n) is 16.1. The van der Waals surface area contributed by atoms with Crippen LogP contribution in [0.4, 0.5) is 0 Å². The fourth-order valence-electron chi connectivity index (χ4n) is 7.47. The molecule has 1 heterocycles. The Bertz CT molecular complexity index is 967. The van der Waals surface area contributed by atoms with E-state index >= 15 is 0 Å². The van der Waals surface area contributed by atoms with Crippen LogP contribution in [0.25, 0.3) is 0 Å². The summed E-state index contributed by atoms with van der Waals surface area (Å²) in [5.74, 6) is 0. The largest absolute Gasteiger partial charge is 0.374 e. The molecular weight excluding hydrogens is 659 g/mol. The Kier molecular flexibility index (Phi) is 33.9. The van der Waals surface area contributed by atoms with Gasteiger partial charge in [-0.2, -0.15) is 0 Å². The van der Waals surface area contributed by atoms with Gasteiger partial charge in [-0.05, 0) is 82.6 Å². The van der Waals surface area contributed by atoms with Crippen LogP contribution >= 0.6 is 0 Å². The van der Waals surface area contributed by atoms with Crippen molar-refractivity contribution in [1.29, 1.82) is 0 Å². The predicted octanol–water partition coefficient (Wildman–Crippen LogP) is 15.5. The first-order chi connectivity index (χ1) is 26.8. The summed E-state index contributed by atoms with van der Waals surface area (Å²) < 4.78 is 13.0. The Morgan fingerprint density at radius 2 is 0.796 bits per heavy atom. The highest BCUT2D eigenvalue weighted by Gasteiger charge is 2.34. The zero-order chi connectivity index (χ0) is 38.3. The topological polar surface area (TPSA) is 21.7 Å². The van der Waals surface area contributed by atoms with Crippen LogP contribution in [0.2, 0.25) is 0 Å². The van der Waals surface area contributed by atoms with E-state index in [9.17, 15) is 0 Å². The number of hydrogen-bond acceptors (Lipinski definition) is 3. The van der Waals surface area contributed by atoms with Crippen molar-refractivity contribution in [2.24, 2.45) is 0 Å². The maximum absolute atomic E-state index is 6.52. The lowest BCUT2D eigenvalue weighted by Crippen LogP contribution is -2.30. The van der Waals surface area contributed by atoms with Crippen molar-refractivity contribution in [3.63, 3.8) is 0 Å². The fourth-order valence-corrected chi connectivity index (χ4v) is 7.47. The molecule has 2 rings (SSSR count). The third-order valence-corrected chi connectivity index (χ3v) is 10.9. The fraction of sp³-hybridized carbons (Fsp3) is 0.725. The van der Waals surface area contributed by atoms with Crippen molar-refractivity contribution >= 4 is 0 Å². The van der Waals surface area contributed by atoms with Gasteiger partial charge in [-0.15, -0.1) is 0 Å². The van der Waals surface area contributed by atoms with Crippen LogP contribution in [0.15, 0.2) is 78.9 Å². The van der Waals surface area contributed by atoms with Crippen molar-refractivity contribution in [1.82, 2.24) is 4.90 Å². The van der Waals surface area contributed by atoms with Crippen LogP contribution in [0.5, 0.6) is 0 Å². The Morgan fingerprint density at radius 3 is 1.19 bits per heavy atom. The van der Waals surface area contributed by atoms with Crippen LogP contribution in [-0.4, -0.2) is 43.4 Å². The quantitative estimate of drug-likeness (QED) is 0.0497. The SMILES string of the molecule is CCCCCC=CCC=CCCCCCCCCCCO[C@@H]1CN(Cc2ccccc2)C[C@H]1OCCCCCCCCCCC=CCC=CCCCCC. The summed E-state index contributed by atoms with van der Waals surface area (Å²) in [6, 6.07) is 10.9. The lowest BCUT2D eigenvalue weighted by Gasteiger charge is -2.20. The molecule has 1 aromatic carbocycles. The van der Waals surface area contributed by atoms with Gasteiger partial charge in [0.25, 0.3) is 0 Å². The van der Waals surface area contributed by atoms with Crippen molar-refractivity contribution in [2.45, 2.75) is 212 Å². The number of ether oxygens (including phenoxy) is 2. The molecule has 1 aliphatic rings. The third kappa shape index (κ3) is 29.4. The van der Waals surface area contributed by atoms with Crippen molar-refractivity contribution in [3.05, 3.63) is 84.5 Å². The number of likely N-dealkylation sites (tertiary alicyclic amines) is 1. The van der Waals surface area contributed by atoms with Gasteiger partial charge in [0.15, 0.2) is 0 Å². The number of allylic oxidation sites excluding steroid dienone is 8. The summed E-state index contributed by atoms with van der Waals surface area (Å²) in [7, 11) is 0. The Hall–Kier alpha value is -1.94. The van der Waals surface area contributed by atoms with E-state index in [0.29, 0.717) is 0 Å². The van der Waals surface area contributed by atoms with E-state index < -0.39 is 0 Å². The third-order valence-electron chi connectivity index (χ3n) is 10.9. The number of nitrogens with zero attached hydrogens (tertiary/aromatic N) is 1. The molecule has 1 saturated heterocycles. The van der Waals surface area contributed by atoms with Crippen LogP contribution in [0, 0.1) is 0 Å². The van der Waals surface area contributed by atoms with Crippen LogP contribution in [0.1, 0.15) is 199 Å². The first kappa shape index (κ1) is 48.2. The molecule has 0 bridgehead atoms. The minimum absolute atomic E-state index is 0.200. The normalized spacial score (nSPS) is 16.8. The molecule has 0 aliphatic carbocycles. The molecule has 308 valence electrons. The monoisotopic (exact) mass is 746 g/mol. The number of unbranched alkanes of at least 4 members (excludes halogenated alkanes) is 22. The number of benzene rings is 1. The molecule has 0 saturated carbocycles. The molecule has 0 N–H and O–H groups in total. The van der Waals surface area contributed by atoms with Gasteiger partial charge in [-0.1, -0.05) is 196 Å². The van der Waals surface area contributed by atoms with Crippen LogP contribution in [0.3, 0.4) is 0 Å².